The van der Waals surface area contributed by atoms with Gasteiger partial charge in [0.15, 0.2) is 0 Å². The number of rotatable bonds is 0. The summed E-state index contributed by atoms with van der Waals surface area (Å²) in [7, 11) is 0. The lowest BCUT2D eigenvalue weighted by Crippen LogP contribution is -2.21. The Hall–Kier alpha value is -3.76. The zero-order valence-corrected chi connectivity index (χ0v) is 13.8. The van der Waals surface area contributed by atoms with E-state index >= 15 is 0 Å². The topological polar surface area (TPSA) is 136 Å². The van der Waals surface area contributed by atoms with E-state index < -0.39 is 24.3 Å². The van der Waals surface area contributed by atoms with Crippen LogP contribution in [0.3, 0.4) is 0 Å². The lowest BCUT2D eigenvalue weighted by Gasteiger charge is -2.13. The number of carbonyl (C=O) groups is 2. The van der Waals surface area contributed by atoms with Crippen LogP contribution in [0.2, 0.25) is 0 Å². The van der Waals surface area contributed by atoms with Gasteiger partial charge >= 0.3 is 24.3 Å². The van der Waals surface area contributed by atoms with Crippen LogP contribution in [-0.2, 0) is 16.0 Å². The molecule has 2 heterocycles. The van der Waals surface area contributed by atoms with Crippen molar-refractivity contribution in [3.63, 3.8) is 0 Å². The zero-order valence-electron chi connectivity index (χ0n) is 13.8. The third kappa shape index (κ3) is 6.72. The van der Waals surface area contributed by atoms with Crippen LogP contribution < -0.4 is 0 Å². The fourth-order valence-corrected chi connectivity index (χ4v) is 1.78. The van der Waals surface area contributed by atoms with E-state index in [2.05, 4.69) is 21.3 Å². The Kier molecular flexibility index (Phi) is 7.19. The van der Waals surface area contributed by atoms with Crippen LogP contribution in [0.5, 0.6) is 0 Å². The minimum absolute atomic E-state index is 0.595. The number of aromatic nitrogens is 1. The number of halogens is 6. The van der Waals surface area contributed by atoms with Gasteiger partial charge in [-0.25, -0.2) is 9.59 Å². The first-order chi connectivity index (χ1) is 13.3. The first-order valence-electron chi connectivity index (χ1n) is 7.08. The number of aliphatic carboxylic acids is 2. The molecular weight excluding hydrogens is 414 g/mol. The first-order valence-corrected chi connectivity index (χ1v) is 7.08. The van der Waals surface area contributed by atoms with Crippen molar-refractivity contribution < 1.29 is 46.1 Å². The quantitative estimate of drug-likeness (QED) is 0.615. The van der Waals surface area contributed by atoms with Gasteiger partial charge in [0.2, 0.25) is 0 Å². The molecule has 2 N–H and O–H groups in total. The van der Waals surface area contributed by atoms with Gasteiger partial charge in [0.05, 0.1) is 23.2 Å². The molecule has 0 atom stereocenters. The lowest BCUT2D eigenvalue weighted by molar-refractivity contribution is -0.193. The molecule has 0 saturated heterocycles. The summed E-state index contributed by atoms with van der Waals surface area (Å²) >= 11 is 0. The Morgan fingerprint density at radius 2 is 1.59 bits per heavy atom. The molecule has 0 bridgehead atoms. The molecule has 0 aromatic carbocycles. The van der Waals surface area contributed by atoms with Crippen LogP contribution in [0, 0.1) is 11.3 Å². The number of carboxylic acid groups (broad SMARTS) is 2. The molecule has 0 spiro atoms. The highest BCUT2D eigenvalue weighted by Gasteiger charge is 2.38. The van der Waals surface area contributed by atoms with Crippen molar-refractivity contribution in [1.29, 1.82) is 5.26 Å². The number of allylic oxidation sites excluding steroid dienone is 2. The van der Waals surface area contributed by atoms with E-state index in [1.807, 2.05) is 12.1 Å². The van der Waals surface area contributed by atoms with E-state index in [0.29, 0.717) is 5.56 Å². The second-order valence-electron chi connectivity index (χ2n) is 5.00. The van der Waals surface area contributed by atoms with Crippen molar-refractivity contribution in [1.82, 2.24) is 4.98 Å². The maximum absolute atomic E-state index is 10.6. The maximum atomic E-state index is 10.6. The summed E-state index contributed by atoms with van der Waals surface area (Å²) in [6.45, 7) is 0. The Morgan fingerprint density at radius 1 is 1.07 bits per heavy atom. The molecule has 29 heavy (non-hydrogen) atoms. The number of alkyl halides is 6. The van der Waals surface area contributed by atoms with Crippen molar-refractivity contribution in [2.75, 3.05) is 0 Å². The molecule has 1 aliphatic carbocycles. The molecule has 1 aromatic heterocycles. The number of hydrogen-bond donors (Lipinski definition) is 2. The number of azo groups is 1. The van der Waals surface area contributed by atoms with Crippen molar-refractivity contribution in [3.05, 3.63) is 47.1 Å². The molecule has 8 nitrogen and oxygen atoms in total. The second-order valence-corrected chi connectivity index (χ2v) is 5.00. The van der Waals surface area contributed by atoms with Gasteiger partial charge < -0.3 is 10.2 Å². The van der Waals surface area contributed by atoms with Gasteiger partial charge in [-0.1, -0.05) is 6.08 Å². The zero-order chi connectivity index (χ0) is 22.4. The fraction of sp³-hybridized carbons (Fsp3) is 0.200. The highest BCUT2D eigenvalue weighted by Crippen LogP contribution is 2.34. The number of hydrogen-bond acceptors (Lipinski definition) is 6. The van der Waals surface area contributed by atoms with Gasteiger partial charge in [0, 0.05) is 11.8 Å². The van der Waals surface area contributed by atoms with E-state index in [0.717, 1.165) is 28.9 Å². The minimum atomic E-state index is -5.08. The highest BCUT2D eigenvalue weighted by molar-refractivity contribution is 5.81. The van der Waals surface area contributed by atoms with Gasteiger partial charge in [-0.3, -0.25) is 4.98 Å². The van der Waals surface area contributed by atoms with Crippen LogP contribution in [0.25, 0.3) is 5.57 Å². The molecule has 0 fully saturated rings. The molecule has 0 unspecified atom stereocenters. The van der Waals surface area contributed by atoms with Crippen molar-refractivity contribution in [2.24, 2.45) is 10.2 Å². The molecule has 0 amide bonds. The number of fused-ring (bicyclic) bond motifs is 3. The van der Waals surface area contributed by atoms with Crippen LogP contribution in [0.4, 0.5) is 26.3 Å². The minimum Gasteiger partial charge on any atom is -0.475 e. The SMILES string of the molecule is N#Cc1cnc2c(c1)CC=C1N=NC=C12.O=C(O)C(F)(F)F.O=C(O)C(F)(F)F. The van der Waals surface area contributed by atoms with E-state index in [1.54, 1.807) is 12.4 Å². The summed E-state index contributed by atoms with van der Waals surface area (Å²) in [6.07, 6.45) is -4.10. The summed E-state index contributed by atoms with van der Waals surface area (Å²) in [5, 5.41) is 30.9. The Balaban J connectivity index is 0.000000255. The maximum Gasteiger partial charge on any atom is 0.490 e. The fourth-order valence-electron chi connectivity index (χ4n) is 1.78. The number of nitrogens with zero attached hydrogens (tertiary/aromatic N) is 4. The molecule has 1 aromatic rings. The van der Waals surface area contributed by atoms with Gasteiger partial charge in [-0.05, 0) is 18.1 Å². The molecule has 0 radical (unpaired) electrons. The van der Waals surface area contributed by atoms with E-state index in [9.17, 15) is 26.3 Å². The molecular formula is C15H8F6N4O4. The van der Waals surface area contributed by atoms with Crippen LogP contribution in [0.15, 0.2) is 40.5 Å². The summed E-state index contributed by atoms with van der Waals surface area (Å²) in [5.74, 6) is -5.51. The first kappa shape index (κ1) is 23.3. The van der Waals surface area contributed by atoms with Gasteiger partial charge in [-0.2, -0.15) is 41.8 Å². The average Bonchev–Trinajstić information content (AvgIpc) is 3.09. The second kappa shape index (κ2) is 8.95. The third-order valence-corrected chi connectivity index (χ3v) is 2.98. The largest absolute Gasteiger partial charge is 0.490 e. The van der Waals surface area contributed by atoms with Gasteiger partial charge in [-0.15, -0.1) is 0 Å². The smallest absolute Gasteiger partial charge is 0.475 e. The lowest BCUT2D eigenvalue weighted by atomic mass is 9.95. The number of nitriles is 1. The monoisotopic (exact) mass is 422 g/mol. The predicted molar refractivity (Wildman–Crippen MR) is 81.0 cm³/mol. The van der Waals surface area contributed by atoms with Crippen molar-refractivity contribution in [2.45, 2.75) is 18.8 Å². The van der Waals surface area contributed by atoms with Gasteiger partial charge in [0.1, 0.15) is 6.07 Å². The van der Waals surface area contributed by atoms with Crippen molar-refractivity contribution in [3.8, 4) is 6.07 Å². The van der Waals surface area contributed by atoms with Gasteiger partial charge in [0.25, 0.3) is 0 Å². The van der Waals surface area contributed by atoms with Crippen LogP contribution in [-0.4, -0.2) is 39.5 Å². The number of pyridine rings is 1. The summed E-state index contributed by atoms with van der Waals surface area (Å²) in [5.41, 5.74) is 4.41. The normalized spacial score (nSPS) is 13.8. The van der Waals surface area contributed by atoms with Crippen LogP contribution >= 0.6 is 0 Å². The Morgan fingerprint density at radius 3 is 2.03 bits per heavy atom. The van der Waals surface area contributed by atoms with Crippen LogP contribution in [0.1, 0.15) is 16.8 Å². The summed E-state index contributed by atoms with van der Waals surface area (Å²) in [6, 6.07) is 3.96. The molecule has 1 aliphatic heterocycles. The highest BCUT2D eigenvalue weighted by atomic mass is 19.4. The van der Waals surface area contributed by atoms with E-state index in [4.69, 9.17) is 25.1 Å². The summed E-state index contributed by atoms with van der Waals surface area (Å²) in [4.78, 5) is 22.1. The molecule has 3 rings (SSSR count). The van der Waals surface area contributed by atoms with E-state index in [-0.39, 0.29) is 0 Å². The third-order valence-electron chi connectivity index (χ3n) is 2.98. The summed E-state index contributed by atoms with van der Waals surface area (Å²) < 4.78 is 63.5. The van der Waals surface area contributed by atoms with E-state index in [1.165, 1.54) is 0 Å². The average molecular weight is 422 g/mol. The molecule has 14 heteroatoms. The Labute approximate surface area is 157 Å². The standard InChI is InChI=1S/C11H6N4.2C2HF3O2/c12-4-7-3-8-1-2-10-9(6-14-15-10)11(8)13-5-7;2*3-2(4,5)1(6)7/h2-3,5-6H,1H2;2*(H,6,7). The Bertz CT molecular complexity index is 918. The predicted octanol–water partition coefficient (Wildman–Crippen LogP) is 3.47. The van der Waals surface area contributed by atoms with Crippen molar-refractivity contribution >= 4 is 17.5 Å². The molecule has 2 aliphatic rings. The molecule has 154 valence electrons. The number of carboxylic acids is 2. The molecule has 0 saturated carbocycles.